The molecule has 0 aliphatic carbocycles. The van der Waals surface area contributed by atoms with Crippen LogP contribution in [0.1, 0.15) is 59.8 Å². The molecule has 0 unspecified atom stereocenters. The molecule has 2 nitrogen and oxygen atoms in total. The SMILES string of the molecule is C1CCOC1.CCCCC(C)(C)C.CO. The van der Waals surface area contributed by atoms with Gasteiger partial charge in [-0.1, -0.05) is 40.5 Å². The molecular formula is C13H30O2. The molecule has 0 radical (unpaired) electrons. The lowest BCUT2D eigenvalue weighted by molar-refractivity contribution is 0.198. The van der Waals surface area contributed by atoms with Gasteiger partial charge in [0.15, 0.2) is 0 Å². The first kappa shape index (κ1) is 17.3. The van der Waals surface area contributed by atoms with Crippen molar-refractivity contribution < 1.29 is 9.84 Å². The average Bonchev–Trinajstić information content (AvgIpc) is 2.75. The van der Waals surface area contributed by atoms with Crippen molar-refractivity contribution in [3.05, 3.63) is 0 Å². The maximum Gasteiger partial charge on any atom is 0.0466 e. The van der Waals surface area contributed by atoms with E-state index in [0.29, 0.717) is 5.41 Å². The minimum atomic E-state index is 0.552. The highest BCUT2D eigenvalue weighted by molar-refractivity contribution is 4.59. The summed E-state index contributed by atoms with van der Waals surface area (Å²) in [7, 11) is 1.00. The molecule has 0 aromatic rings. The second-order valence-electron chi connectivity index (χ2n) is 4.98. The zero-order valence-corrected chi connectivity index (χ0v) is 11.3. The standard InChI is InChI=1S/C8H18.C4H8O.CH4O/c1-5-6-7-8(2,3)4;1-2-4-5-3-1;1-2/h5-7H2,1-4H3;1-4H2;2H,1H3. The van der Waals surface area contributed by atoms with E-state index in [1.165, 1.54) is 32.1 Å². The van der Waals surface area contributed by atoms with E-state index in [9.17, 15) is 0 Å². The van der Waals surface area contributed by atoms with Gasteiger partial charge in [-0.3, -0.25) is 0 Å². The Morgan fingerprint density at radius 1 is 1.07 bits per heavy atom. The van der Waals surface area contributed by atoms with E-state index in [1.807, 2.05) is 0 Å². The number of aliphatic hydroxyl groups excluding tert-OH is 1. The van der Waals surface area contributed by atoms with Crippen molar-refractivity contribution in [2.45, 2.75) is 59.8 Å². The normalized spacial score (nSPS) is 14.8. The Morgan fingerprint density at radius 3 is 1.67 bits per heavy atom. The van der Waals surface area contributed by atoms with E-state index in [2.05, 4.69) is 27.7 Å². The highest BCUT2D eigenvalue weighted by atomic mass is 16.5. The number of hydrogen-bond donors (Lipinski definition) is 1. The molecule has 0 bridgehead atoms. The predicted octanol–water partition coefficient (Wildman–Crippen LogP) is 3.63. The highest BCUT2D eigenvalue weighted by Gasteiger charge is 2.07. The summed E-state index contributed by atoms with van der Waals surface area (Å²) < 4.78 is 4.94. The van der Waals surface area contributed by atoms with E-state index in [1.54, 1.807) is 0 Å². The smallest absolute Gasteiger partial charge is 0.0466 e. The monoisotopic (exact) mass is 218 g/mol. The van der Waals surface area contributed by atoms with Gasteiger partial charge in [0.2, 0.25) is 0 Å². The van der Waals surface area contributed by atoms with Crippen LogP contribution < -0.4 is 0 Å². The van der Waals surface area contributed by atoms with Crippen LogP contribution >= 0.6 is 0 Å². The Hall–Kier alpha value is -0.0800. The van der Waals surface area contributed by atoms with Crippen molar-refractivity contribution in [1.29, 1.82) is 0 Å². The maximum atomic E-state index is 7.00. The molecule has 2 heteroatoms. The van der Waals surface area contributed by atoms with Crippen LogP contribution in [0, 0.1) is 5.41 Å². The maximum absolute atomic E-state index is 7.00. The van der Waals surface area contributed by atoms with Gasteiger partial charge in [-0.05, 0) is 24.7 Å². The summed E-state index contributed by atoms with van der Waals surface area (Å²) in [6, 6.07) is 0. The molecule has 1 rings (SSSR count). The van der Waals surface area contributed by atoms with Gasteiger partial charge in [-0.15, -0.1) is 0 Å². The molecule has 0 amide bonds. The lowest BCUT2D eigenvalue weighted by atomic mass is 9.90. The minimum absolute atomic E-state index is 0.552. The first-order valence-corrected chi connectivity index (χ1v) is 6.09. The zero-order chi connectivity index (χ0) is 12.2. The van der Waals surface area contributed by atoms with Crippen molar-refractivity contribution in [2.24, 2.45) is 5.41 Å². The predicted molar refractivity (Wildman–Crippen MR) is 67.2 cm³/mol. The van der Waals surface area contributed by atoms with Gasteiger partial charge in [0, 0.05) is 20.3 Å². The third-order valence-electron chi connectivity index (χ3n) is 2.11. The first-order valence-electron chi connectivity index (χ1n) is 6.09. The van der Waals surface area contributed by atoms with Gasteiger partial charge < -0.3 is 9.84 Å². The van der Waals surface area contributed by atoms with Gasteiger partial charge in [0.25, 0.3) is 0 Å². The zero-order valence-electron chi connectivity index (χ0n) is 11.3. The van der Waals surface area contributed by atoms with Crippen molar-refractivity contribution >= 4 is 0 Å². The Labute approximate surface area is 96.0 Å². The van der Waals surface area contributed by atoms with Crippen LogP contribution in [-0.4, -0.2) is 25.4 Å². The fourth-order valence-electron chi connectivity index (χ4n) is 1.22. The summed E-state index contributed by atoms with van der Waals surface area (Å²) in [5, 5.41) is 7.00. The molecule has 1 heterocycles. The average molecular weight is 218 g/mol. The molecule has 15 heavy (non-hydrogen) atoms. The number of aliphatic hydroxyl groups is 1. The topological polar surface area (TPSA) is 29.5 Å². The quantitative estimate of drug-likeness (QED) is 0.767. The molecule has 94 valence electrons. The van der Waals surface area contributed by atoms with E-state index in [0.717, 1.165) is 20.3 Å². The molecule has 1 N–H and O–H groups in total. The van der Waals surface area contributed by atoms with Gasteiger partial charge in [0.05, 0.1) is 0 Å². The highest BCUT2D eigenvalue weighted by Crippen LogP contribution is 2.20. The summed E-state index contributed by atoms with van der Waals surface area (Å²) in [5.74, 6) is 0. The minimum Gasteiger partial charge on any atom is -0.400 e. The van der Waals surface area contributed by atoms with Crippen molar-refractivity contribution in [1.82, 2.24) is 0 Å². The summed E-state index contributed by atoms with van der Waals surface area (Å²) in [5.41, 5.74) is 0.552. The molecule has 1 aliphatic rings. The van der Waals surface area contributed by atoms with Gasteiger partial charge >= 0.3 is 0 Å². The fourth-order valence-corrected chi connectivity index (χ4v) is 1.22. The lowest BCUT2D eigenvalue weighted by Gasteiger charge is -2.16. The van der Waals surface area contributed by atoms with E-state index >= 15 is 0 Å². The lowest BCUT2D eigenvalue weighted by Crippen LogP contribution is -2.03. The van der Waals surface area contributed by atoms with E-state index < -0.39 is 0 Å². The number of hydrogen-bond acceptors (Lipinski definition) is 2. The van der Waals surface area contributed by atoms with Crippen LogP contribution in [0.15, 0.2) is 0 Å². The number of ether oxygens (including phenoxy) is 1. The van der Waals surface area contributed by atoms with Gasteiger partial charge in [0.1, 0.15) is 0 Å². The molecule has 1 fully saturated rings. The van der Waals surface area contributed by atoms with Crippen LogP contribution in [0.2, 0.25) is 0 Å². The molecule has 0 aromatic carbocycles. The molecule has 1 aliphatic heterocycles. The molecule has 0 saturated carbocycles. The van der Waals surface area contributed by atoms with Crippen molar-refractivity contribution in [3.8, 4) is 0 Å². The van der Waals surface area contributed by atoms with Crippen LogP contribution in [0.25, 0.3) is 0 Å². The van der Waals surface area contributed by atoms with Crippen molar-refractivity contribution in [2.75, 3.05) is 20.3 Å². The Kier molecular flexibility index (Phi) is 13.8. The van der Waals surface area contributed by atoms with Crippen LogP contribution in [0.5, 0.6) is 0 Å². The van der Waals surface area contributed by atoms with Crippen LogP contribution in [-0.2, 0) is 4.74 Å². The third kappa shape index (κ3) is 20.1. The second kappa shape index (κ2) is 12.0. The van der Waals surface area contributed by atoms with Gasteiger partial charge in [-0.25, -0.2) is 0 Å². The van der Waals surface area contributed by atoms with Crippen molar-refractivity contribution in [3.63, 3.8) is 0 Å². The number of rotatable bonds is 2. The molecule has 0 aromatic heterocycles. The third-order valence-corrected chi connectivity index (χ3v) is 2.11. The first-order chi connectivity index (χ1) is 7.06. The molecule has 1 saturated heterocycles. The Morgan fingerprint density at radius 2 is 1.53 bits per heavy atom. The van der Waals surface area contributed by atoms with Crippen LogP contribution in [0.3, 0.4) is 0 Å². The summed E-state index contributed by atoms with van der Waals surface area (Å²) >= 11 is 0. The molecule has 0 spiro atoms. The fraction of sp³-hybridized carbons (Fsp3) is 1.00. The summed E-state index contributed by atoms with van der Waals surface area (Å²) in [4.78, 5) is 0. The summed E-state index contributed by atoms with van der Waals surface area (Å²) in [6.45, 7) is 11.1. The molecular weight excluding hydrogens is 188 g/mol. The largest absolute Gasteiger partial charge is 0.400 e. The number of unbranched alkanes of at least 4 members (excludes halogenated alkanes) is 1. The van der Waals surface area contributed by atoms with E-state index in [-0.39, 0.29) is 0 Å². The molecule has 0 atom stereocenters. The van der Waals surface area contributed by atoms with Crippen LogP contribution in [0.4, 0.5) is 0 Å². The second-order valence-corrected chi connectivity index (χ2v) is 4.98. The van der Waals surface area contributed by atoms with Gasteiger partial charge in [-0.2, -0.15) is 0 Å². The van der Waals surface area contributed by atoms with E-state index in [4.69, 9.17) is 9.84 Å². The Bertz CT molecular complexity index is 94.0. The summed E-state index contributed by atoms with van der Waals surface area (Å²) in [6.07, 6.45) is 6.63. The Balaban J connectivity index is 0.